The fourth-order valence-electron chi connectivity index (χ4n) is 3.18. The van der Waals surface area contributed by atoms with Crippen molar-refractivity contribution in [2.75, 3.05) is 19.6 Å². The van der Waals surface area contributed by atoms with Crippen molar-refractivity contribution in [3.8, 4) is 0 Å². The van der Waals surface area contributed by atoms with E-state index in [4.69, 9.17) is 0 Å². The zero-order valence-electron chi connectivity index (χ0n) is 11.6. The average molecular weight is 250 g/mol. The van der Waals surface area contributed by atoms with Crippen LogP contribution in [0.4, 0.5) is 0 Å². The Hall–Kier alpha value is -0.830. The molecule has 3 heteroatoms. The number of nitrogens with zero attached hydrogens (tertiary/aromatic N) is 1. The van der Waals surface area contributed by atoms with Crippen LogP contribution in [0.2, 0.25) is 0 Å². The Morgan fingerprint density at radius 3 is 2.61 bits per heavy atom. The Morgan fingerprint density at radius 2 is 2.11 bits per heavy atom. The molecule has 0 aromatic heterocycles. The standard InChI is InChI=1S/C15H26N2O/c1-3-7-15(8-10-16-11-9-15)14(18)17(12-4-2)13-5-6-13/h4,13,16H,2-3,5-12H2,1H3. The van der Waals surface area contributed by atoms with Crippen molar-refractivity contribution in [2.45, 2.75) is 51.5 Å². The van der Waals surface area contributed by atoms with E-state index in [2.05, 4.69) is 23.7 Å². The summed E-state index contributed by atoms with van der Waals surface area (Å²) in [5.74, 6) is 0.397. The van der Waals surface area contributed by atoms with E-state index in [1.54, 1.807) is 0 Å². The lowest BCUT2D eigenvalue weighted by Crippen LogP contribution is -2.50. The van der Waals surface area contributed by atoms with E-state index in [0.29, 0.717) is 11.9 Å². The lowest BCUT2D eigenvalue weighted by atomic mass is 9.74. The first-order valence-electron chi connectivity index (χ1n) is 7.36. The van der Waals surface area contributed by atoms with Crippen LogP contribution in [-0.4, -0.2) is 36.5 Å². The monoisotopic (exact) mass is 250 g/mol. The summed E-state index contributed by atoms with van der Waals surface area (Å²) in [5.41, 5.74) is -0.0917. The molecule has 1 saturated carbocycles. The molecule has 102 valence electrons. The summed E-state index contributed by atoms with van der Waals surface area (Å²) < 4.78 is 0. The lowest BCUT2D eigenvalue weighted by Gasteiger charge is -2.40. The Labute approximate surface area is 111 Å². The molecular weight excluding hydrogens is 224 g/mol. The topological polar surface area (TPSA) is 32.3 Å². The molecule has 0 atom stereocenters. The van der Waals surface area contributed by atoms with Crippen LogP contribution < -0.4 is 5.32 Å². The van der Waals surface area contributed by atoms with E-state index in [1.165, 1.54) is 12.8 Å². The normalized spacial score (nSPS) is 22.5. The molecule has 1 saturated heterocycles. The molecule has 1 amide bonds. The second-order valence-corrected chi connectivity index (χ2v) is 5.76. The molecule has 0 spiro atoms. The van der Waals surface area contributed by atoms with E-state index >= 15 is 0 Å². The summed E-state index contributed by atoms with van der Waals surface area (Å²) in [6.45, 7) is 8.68. The van der Waals surface area contributed by atoms with Gasteiger partial charge in [-0.3, -0.25) is 4.79 Å². The van der Waals surface area contributed by atoms with E-state index in [9.17, 15) is 4.79 Å². The van der Waals surface area contributed by atoms with Crippen molar-refractivity contribution in [3.63, 3.8) is 0 Å². The maximum atomic E-state index is 12.9. The molecule has 2 fully saturated rings. The molecule has 3 nitrogen and oxygen atoms in total. The quantitative estimate of drug-likeness (QED) is 0.734. The van der Waals surface area contributed by atoms with Crippen molar-refractivity contribution in [2.24, 2.45) is 5.41 Å². The molecular formula is C15H26N2O. The van der Waals surface area contributed by atoms with Gasteiger partial charge in [0, 0.05) is 12.6 Å². The second-order valence-electron chi connectivity index (χ2n) is 5.76. The number of carbonyl (C=O) groups excluding carboxylic acids is 1. The van der Waals surface area contributed by atoms with Crippen LogP contribution in [0.3, 0.4) is 0 Å². The van der Waals surface area contributed by atoms with Gasteiger partial charge in [0.2, 0.25) is 5.91 Å². The van der Waals surface area contributed by atoms with Crippen LogP contribution in [0.15, 0.2) is 12.7 Å². The second kappa shape index (κ2) is 5.87. The number of amides is 1. The summed E-state index contributed by atoms with van der Waals surface area (Å²) in [5, 5.41) is 3.38. The molecule has 0 aromatic rings. The number of hydrogen-bond donors (Lipinski definition) is 1. The molecule has 1 heterocycles. The van der Waals surface area contributed by atoms with Crippen LogP contribution in [0.1, 0.15) is 45.4 Å². The first-order valence-corrected chi connectivity index (χ1v) is 7.36. The lowest BCUT2D eigenvalue weighted by molar-refractivity contribution is -0.144. The Bertz CT molecular complexity index is 298. The predicted octanol–water partition coefficient (Wildman–Crippen LogP) is 2.33. The Morgan fingerprint density at radius 1 is 1.44 bits per heavy atom. The zero-order chi connectivity index (χ0) is 13.0. The molecule has 18 heavy (non-hydrogen) atoms. The largest absolute Gasteiger partial charge is 0.336 e. The van der Waals surface area contributed by atoms with Gasteiger partial charge in [0.25, 0.3) is 0 Å². The molecule has 0 unspecified atom stereocenters. The molecule has 0 radical (unpaired) electrons. The highest BCUT2D eigenvalue weighted by Crippen LogP contribution is 2.39. The first kappa shape index (κ1) is 13.6. The van der Waals surface area contributed by atoms with Gasteiger partial charge in [-0.2, -0.15) is 0 Å². The minimum atomic E-state index is -0.0917. The van der Waals surface area contributed by atoms with Crippen LogP contribution in [0, 0.1) is 5.41 Å². The van der Waals surface area contributed by atoms with E-state index in [1.807, 2.05) is 6.08 Å². The van der Waals surface area contributed by atoms with Gasteiger partial charge in [0.15, 0.2) is 0 Å². The molecule has 1 N–H and O–H groups in total. The van der Waals surface area contributed by atoms with Crippen LogP contribution in [0.5, 0.6) is 0 Å². The minimum absolute atomic E-state index is 0.0917. The van der Waals surface area contributed by atoms with E-state index in [-0.39, 0.29) is 5.41 Å². The van der Waals surface area contributed by atoms with E-state index < -0.39 is 0 Å². The van der Waals surface area contributed by atoms with E-state index in [0.717, 1.165) is 45.3 Å². The number of rotatable bonds is 6. The summed E-state index contributed by atoms with van der Waals surface area (Å²) in [7, 11) is 0. The number of nitrogens with one attached hydrogen (secondary N) is 1. The summed E-state index contributed by atoms with van der Waals surface area (Å²) in [6, 6.07) is 0.499. The van der Waals surface area contributed by atoms with Crippen molar-refractivity contribution >= 4 is 5.91 Å². The third-order valence-corrected chi connectivity index (χ3v) is 4.32. The third-order valence-electron chi connectivity index (χ3n) is 4.32. The molecule has 0 bridgehead atoms. The molecule has 1 aliphatic carbocycles. The first-order chi connectivity index (χ1) is 8.73. The summed E-state index contributed by atoms with van der Waals surface area (Å²) >= 11 is 0. The Balaban J connectivity index is 2.12. The fourth-order valence-corrected chi connectivity index (χ4v) is 3.18. The van der Waals surface area contributed by atoms with Crippen molar-refractivity contribution in [1.82, 2.24) is 10.2 Å². The number of piperidine rings is 1. The van der Waals surface area contributed by atoms with Gasteiger partial charge < -0.3 is 10.2 Å². The van der Waals surface area contributed by atoms with Gasteiger partial charge in [-0.25, -0.2) is 0 Å². The van der Waals surface area contributed by atoms with Gasteiger partial charge in [-0.05, 0) is 45.2 Å². The van der Waals surface area contributed by atoms with Gasteiger partial charge in [-0.15, -0.1) is 6.58 Å². The third kappa shape index (κ3) is 2.77. The van der Waals surface area contributed by atoms with Crippen molar-refractivity contribution in [1.29, 1.82) is 0 Å². The fraction of sp³-hybridized carbons (Fsp3) is 0.800. The minimum Gasteiger partial charge on any atom is -0.336 e. The maximum absolute atomic E-state index is 12.9. The number of carbonyl (C=O) groups is 1. The smallest absolute Gasteiger partial charge is 0.229 e. The summed E-state index contributed by atoms with van der Waals surface area (Å²) in [6.07, 6.45) is 8.36. The number of hydrogen-bond acceptors (Lipinski definition) is 2. The molecule has 1 aliphatic heterocycles. The van der Waals surface area contributed by atoms with Crippen LogP contribution >= 0.6 is 0 Å². The molecule has 2 rings (SSSR count). The maximum Gasteiger partial charge on any atom is 0.229 e. The van der Waals surface area contributed by atoms with Gasteiger partial charge in [-0.1, -0.05) is 19.4 Å². The zero-order valence-corrected chi connectivity index (χ0v) is 11.6. The molecule has 2 aliphatic rings. The van der Waals surface area contributed by atoms with Crippen LogP contribution in [-0.2, 0) is 4.79 Å². The van der Waals surface area contributed by atoms with Crippen molar-refractivity contribution in [3.05, 3.63) is 12.7 Å². The van der Waals surface area contributed by atoms with Crippen LogP contribution in [0.25, 0.3) is 0 Å². The average Bonchev–Trinajstić information content (AvgIpc) is 3.21. The van der Waals surface area contributed by atoms with Gasteiger partial charge >= 0.3 is 0 Å². The molecule has 0 aromatic carbocycles. The SMILES string of the molecule is C=CCN(C(=O)C1(CCC)CCNCC1)C1CC1. The van der Waals surface area contributed by atoms with Gasteiger partial charge in [0.1, 0.15) is 0 Å². The summed E-state index contributed by atoms with van der Waals surface area (Å²) in [4.78, 5) is 15.0. The van der Waals surface area contributed by atoms with Gasteiger partial charge in [0.05, 0.1) is 5.41 Å². The van der Waals surface area contributed by atoms with Crippen molar-refractivity contribution < 1.29 is 4.79 Å². The highest BCUT2D eigenvalue weighted by atomic mass is 16.2. The highest BCUT2D eigenvalue weighted by Gasteiger charge is 2.44. The highest BCUT2D eigenvalue weighted by molar-refractivity contribution is 5.83. The Kier molecular flexibility index (Phi) is 4.44. The predicted molar refractivity (Wildman–Crippen MR) is 74.4 cm³/mol.